The van der Waals surface area contributed by atoms with Gasteiger partial charge < -0.3 is 24.1 Å². The summed E-state index contributed by atoms with van der Waals surface area (Å²) in [5.41, 5.74) is -0.800. The molecule has 1 N–H and O–H groups in total. The van der Waals surface area contributed by atoms with Crippen molar-refractivity contribution in [2.75, 3.05) is 14.2 Å². The monoisotopic (exact) mass is 512 g/mol. The molecule has 0 saturated heterocycles. The van der Waals surface area contributed by atoms with Gasteiger partial charge in [0.05, 0.1) is 6.10 Å². The lowest BCUT2D eigenvalue weighted by molar-refractivity contribution is -0.184. The van der Waals surface area contributed by atoms with Gasteiger partial charge in [0.15, 0.2) is 11.7 Å². The normalized spacial score (nSPS) is 13.9. The minimum absolute atomic E-state index is 0.170. The van der Waals surface area contributed by atoms with Gasteiger partial charge in [-0.25, -0.2) is 0 Å². The van der Waals surface area contributed by atoms with Crippen LogP contribution in [0.15, 0.2) is 42.5 Å². The summed E-state index contributed by atoms with van der Waals surface area (Å²) in [7, 11) is 2.72. The number of carboxylic acid groups (broad SMARTS) is 1. The van der Waals surface area contributed by atoms with Crippen molar-refractivity contribution < 1.29 is 33.6 Å². The second kappa shape index (κ2) is 13.0. The SMILES string of the molecule is CCC(C)OC(=O)C(Cc1c(Cl)cc(OCc2ccccc2)cc1Cl)(CC(OC)OC)C(=O)O. The first-order valence-corrected chi connectivity index (χ1v) is 11.6. The number of rotatable bonds is 13. The molecule has 0 heterocycles. The fourth-order valence-corrected chi connectivity index (χ4v) is 3.88. The van der Waals surface area contributed by atoms with Crippen molar-refractivity contribution in [1.82, 2.24) is 0 Å². The minimum atomic E-state index is -2.04. The molecular weight excluding hydrogens is 483 g/mol. The summed E-state index contributed by atoms with van der Waals surface area (Å²) in [5, 5.41) is 10.5. The van der Waals surface area contributed by atoms with E-state index in [1.807, 2.05) is 37.3 Å². The fourth-order valence-electron chi connectivity index (χ4n) is 3.28. The third-order valence-corrected chi connectivity index (χ3v) is 6.24. The third kappa shape index (κ3) is 7.09. The molecule has 7 nitrogen and oxygen atoms in total. The van der Waals surface area contributed by atoms with Crippen molar-refractivity contribution in [3.63, 3.8) is 0 Å². The topological polar surface area (TPSA) is 91.3 Å². The van der Waals surface area contributed by atoms with Gasteiger partial charge in [-0.1, -0.05) is 60.5 Å². The molecule has 0 amide bonds. The molecular formula is C25H30Cl2O7. The maximum atomic E-state index is 13.2. The van der Waals surface area contributed by atoms with Crippen molar-refractivity contribution in [1.29, 1.82) is 0 Å². The molecule has 0 spiro atoms. The standard InChI is InChI=1S/C25H30Cl2O7/c1-5-16(2)34-24(30)25(23(28)29,14-22(31-3)32-4)13-19-20(26)11-18(12-21(19)27)33-15-17-9-7-6-8-10-17/h6-12,16,22H,5,13-15H2,1-4H3,(H,28,29). The van der Waals surface area contributed by atoms with Gasteiger partial charge in [0.2, 0.25) is 0 Å². The summed E-state index contributed by atoms with van der Waals surface area (Å²) in [6, 6.07) is 12.6. The zero-order chi connectivity index (χ0) is 25.3. The van der Waals surface area contributed by atoms with Gasteiger partial charge in [0, 0.05) is 37.1 Å². The summed E-state index contributed by atoms with van der Waals surface area (Å²) in [5.74, 6) is -1.89. The van der Waals surface area contributed by atoms with Crippen LogP contribution in [0.1, 0.15) is 37.8 Å². The molecule has 2 unspecified atom stereocenters. The lowest BCUT2D eigenvalue weighted by Gasteiger charge is -2.31. The van der Waals surface area contributed by atoms with Crippen molar-refractivity contribution in [3.8, 4) is 5.75 Å². The second-order valence-electron chi connectivity index (χ2n) is 7.93. The van der Waals surface area contributed by atoms with E-state index in [1.165, 1.54) is 14.2 Å². The van der Waals surface area contributed by atoms with Crippen LogP contribution in [0.25, 0.3) is 0 Å². The van der Waals surface area contributed by atoms with E-state index in [0.717, 1.165) is 5.56 Å². The van der Waals surface area contributed by atoms with Gasteiger partial charge in [0.1, 0.15) is 12.4 Å². The first kappa shape index (κ1) is 27.9. The van der Waals surface area contributed by atoms with Gasteiger partial charge in [-0.3, -0.25) is 9.59 Å². The van der Waals surface area contributed by atoms with E-state index in [9.17, 15) is 14.7 Å². The highest BCUT2D eigenvalue weighted by molar-refractivity contribution is 6.36. The Bertz CT molecular complexity index is 940. The van der Waals surface area contributed by atoms with Crippen LogP contribution in [-0.4, -0.2) is 43.7 Å². The summed E-state index contributed by atoms with van der Waals surface area (Å²) in [4.78, 5) is 25.7. The fraction of sp³-hybridized carbons (Fsp3) is 0.440. The smallest absolute Gasteiger partial charge is 0.324 e. The van der Waals surface area contributed by atoms with Crippen LogP contribution in [0.3, 0.4) is 0 Å². The molecule has 2 aromatic carbocycles. The van der Waals surface area contributed by atoms with Crippen LogP contribution in [0, 0.1) is 5.41 Å². The van der Waals surface area contributed by atoms with E-state index in [1.54, 1.807) is 19.1 Å². The molecule has 34 heavy (non-hydrogen) atoms. The largest absolute Gasteiger partial charge is 0.489 e. The van der Waals surface area contributed by atoms with Crippen LogP contribution >= 0.6 is 23.2 Å². The third-order valence-electron chi connectivity index (χ3n) is 5.57. The number of hydrogen-bond acceptors (Lipinski definition) is 6. The second-order valence-corrected chi connectivity index (χ2v) is 8.75. The summed E-state index contributed by atoms with van der Waals surface area (Å²) in [6.45, 7) is 3.82. The summed E-state index contributed by atoms with van der Waals surface area (Å²) < 4.78 is 21.6. The predicted octanol–water partition coefficient (Wildman–Crippen LogP) is 5.54. The average molecular weight is 513 g/mol. The first-order chi connectivity index (χ1) is 16.2. The number of carboxylic acids is 1. The highest BCUT2D eigenvalue weighted by Gasteiger charge is 2.51. The number of benzene rings is 2. The van der Waals surface area contributed by atoms with Crippen LogP contribution in [-0.2, 0) is 36.8 Å². The van der Waals surface area contributed by atoms with Crippen LogP contribution < -0.4 is 4.74 Å². The van der Waals surface area contributed by atoms with E-state index in [2.05, 4.69) is 0 Å². The molecule has 0 fully saturated rings. The first-order valence-electron chi connectivity index (χ1n) is 10.8. The van der Waals surface area contributed by atoms with E-state index < -0.39 is 29.7 Å². The summed E-state index contributed by atoms with van der Waals surface area (Å²) in [6.07, 6.45) is -1.55. The maximum Gasteiger partial charge on any atom is 0.324 e. The molecule has 186 valence electrons. The van der Waals surface area contributed by atoms with Crippen LogP contribution in [0.5, 0.6) is 5.75 Å². The Morgan fingerprint density at radius 2 is 1.65 bits per heavy atom. The molecule has 2 aromatic rings. The van der Waals surface area contributed by atoms with Crippen molar-refractivity contribution in [3.05, 3.63) is 63.6 Å². The Hall–Kier alpha value is -2.32. The molecule has 9 heteroatoms. The number of carbonyl (C=O) groups excluding carboxylic acids is 1. The van der Waals surface area contributed by atoms with Crippen LogP contribution in [0.2, 0.25) is 10.0 Å². The number of esters is 1. The molecule has 0 aliphatic rings. The number of halogens is 2. The maximum absolute atomic E-state index is 13.2. The molecule has 0 aromatic heterocycles. The van der Waals surface area contributed by atoms with Gasteiger partial charge in [-0.2, -0.15) is 0 Å². The molecule has 2 rings (SSSR count). The Balaban J connectivity index is 2.40. The highest BCUT2D eigenvalue weighted by Crippen LogP contribution is 2.39. The van der Waals surface area contributed by atoms with Crippen LogP contribution in [0.4, 0.5) is 0 Å². The van der Waals surface area contributed by atoms with Gasteiger partial charge in [-0.15, -0.1) is 0 Å². The molecule has 0 radical (unpaired) electrons. The lowest BCUT2D eigenvalue weighted by atomic mass is 9.78. The molecule has 0 aliphatic heterocycles. The highest BCUT2D eigenvalue weighted by atomic mass is 35.5. The number of ether oxygens (including phenoxy) is 4. The summed E-state index contributed by atoms with van der Waals surface area (Å²) >= 11 is 13.0. The van der Waals surface area contributed by atoms with Crippen molar-refractivity contribution >= 4 is 35.1 Å². The Morgan fingerprint density at radius 3 is 2.15 bits per heavy atom. The zero-order valence-electron chi connectivity index (χ0n) is 19.7. The average Bonchev–Trinajstić information content (AvgIpc) is 2.82. The number of hydrogen-bond donors (Lipinski definition) is 1. The van der Waals surface area contributed by atoms with E-state index in [-0.39, 0.29) is 28.5 Å². The molecule has 0 saturated carbocycles. The number of carbonyl (C=O) groups is 2. The van der Waals surface area contributed by atoms with E-state index >= 15 is 0 Å². The van der Waals surface area contributed by atoms with Crippen molar-refractivity contribution in [2.24, 2.45) is 5.41 Å². The minimum Gasteiger partial charge on any atom is -0.489 e. The Kier molecular flexibility index (Phi) is 10.6. The van der Waals surface area contributed by atoms with E-state index in [4.69, 9.17) is 42.1 Å². The quantitative estimate of drug-likeness (QED) is 0.214. The van der Waals surface area contributed by atoms with Gasteiger partial charge in [-0.05, 0) is 36.6 Å². The lowest BCUT2D eigenvalue weighted by Crippen LogP contribution is -2.46. The van der Waals surface area contributed by atoms with Gasteiger partial charge >= 0.3 is 11.9 Å². The Labute approximate surface area is 209 Å². The molecule has 2 atom stereocenters. The Morgan fingerprint density at radius 1 is 1.06 bits per heavy atom. The van der Waals surface area contributed by atoms with Gasteiger partial charge in [0.25, 0.3) is 0 Å². The molecule has 0 bridgehead atoms. The van der Waals surface area contributed by atoms with E-state index in [0.29, 0.717) is 18.8 Å². The predicted molar refractivity (Wildman–Crippen MR) is 129 cm³/mol. The number of methoxy groups -OCH3 is 2. The van der Waals surface area contributed by atoms with Crippen molar-refractivity contribution in [2.45, 2.75) is 52.1 Å². The zero-order valence-corrected chi connectivity index (χ0v) is 21.2. The molecule has 0 aliphatic carbocycles. The number of aliphatic carboxylic acids is 1.